The van der Waals surface area contributed by atoms with Crippen LogP contribution in [-0.4, -0.2) is 6.61 Å². The van der Waals surface area contributed by atoms with E-state index in [2.05, 4.69) is 30.3 Å². The van der Waals surface area contributed by atoms with E-state index in [0.717, 1.165) is 29.6 Å². The van der Waals surface area contributed by atoms with Gasteiger partial charge in [-0.25, -0.2) is 0 Å². The van der Waals surface area contributed by atoms with Crippen LogP contribution < -0.4 is 0 Å². The fraction of sp³-hybridized carbons (Fsp3) is 0.176. The van der Waals surface area contributed by atoms with Gasteiger partial charge in [0.2, 0.25) is 0 Å². The highest BCUT2D eigenvalue weighted by Crippen LogP contribution is 2.36. The van der Waals surface area contributed by atoms with Crippen molar-refractivity contribution in [3.8, 4) is 0 Å². The summed E-state index contributed by atoms with van der Waals surface area (Å²) in [7, 11) is 0. The highest BCUT2D eigenvalue weighted by Gasteiger charge is 2.25. The molecular formula is C17H14O2. The average molecular weight is 250 g/mol. The second kappa shape index (κ2) is 4.25. The van der Waals surface area contributed by atoms with E-state index in [0.29, 0.717) is 0 Å². The van der Waals surface area contributed by atoms with Gasteiger partial charge < -0.3 is 9.15 Å². The summed E-state index contributed by atoms with van der Waals surface area (Å²) in [5.74, 6) is 0. The third kappa shape index (κ3) is 1.68. The van der Waals surface area contributed by atoms with E-state index in [9.17, 15) is 0 Å². The monoisotopic (exact) mass is 250 g/mol. The Morgan fingerprint density at radius 1 is 0.895 bits per heavy atom. The summed E-state index contributed by atoms with van der Waals surface area (Å²) in [6.07, 6.45) is 2.81. The maximum Gasteiger partial charge on any atom is 0.134 e. The first-order valence-electron chi connectivity index (χ1n) is 6.59. The summed E-state index contributed by atoms with van der Waals surface area (Å²) in [6, 6.07) is 16.6. The summed E-state index contributed by atoms with van der Waals surface area (Å²) in [4.78, 5) is 0. The van der Waals surface area contributed by atoms with Crippen molar-refractivity contribution >= 4 is 11.0 Å². The van der Waals surface area contributed by atoms with E-state index in [1.165, 1.54) is 11.1 Å². The fourth-order valence-corrected chi connectivity index (χ4v) is 2.85. The van der Waals surface area contributed by atoms with Crippen LogP contribution in [0.4, 0.5) is 0 Å². The molecule has 0 saturated carbocycles. The number of fused-ring (bicyclic) bond motifs is 2. The molecule has 0 spiro atoms. The first-order chi connectivity index (χ1) is 9.43. The largest absolute Gasteiger partial charge is 0.464 e. The molecule has 0 amide bonds. The molecule has 2 nitrogen and oxygen atoms in total. The Morgan fingerprint density at radius 3 is 2.74 bits per heavy atom. The van der Waals surface area contributed by atoms with Crippen LogP contribution in [0.25, 0.3) is 11.0 Å². The highest BCUT2D eigenvalue weighted by atomic mass is 16.5. The van der Waals surface area contributed by atoms with Gasteiger partial charge in [0, 0.05) is 10.9 Å². The van der Waals surface area contributed by atoms with E-state index in [4.69, 9.17) is 9.15 Å². The number of ether oxygens (including phenoxy) is 1. The van der Waals surface area contributed by atoms with E-state index >= 15 is 0 Å². The third-order valence-electron chi connectivity index (χ3n) is 3.79. The smallest absolute Gasteiger partial charge is 0.134 e. The van der Waals surface area contributed by atoms with Crippen molar-refractivity contribution in [1.29, 1.82) is 0 Å². The molecule has 2 heterocycles. The van der Waals surface area contributed by atoms with Gasteiger partial charge in [0.1, 0.15) is 11.7 Å². The van der Waals surface area contributed by atoms with E-state index in [1.807, 2.05) is 24.5 Å². The summed E-state index contributed by atoms with van der Waals surface area (Å²) < 4.78 is 11.6. The molecule has 4 rings (SSSR count). The standard InChI is InChI=1S/C17H14O2/c1-2-6-13-12(5-1)9-10-18-17(13)15-11-19-16-8-4-3-7-14(15)16/h1-8,11,17H,9-10H2. The van der Waals surface area contributed by atoms with Crippen molar-refractivity contribution in [3.63, 3.8) is 0 Å². The van der Waals surface area contributed by atoms with Crippen molar-refractivity contribution < 1.29 is 9.15 Å². The lowest BCUT2D eigenvalue weighted by molar-refractivity contribution is 0.0702. The molecule has 94 valence electrons. The molecule has 3 aromatic rings. The fourth-order valence-electron chi connectivity index (χ4n) is 2.85. The number of furan rings is 1. The Kier molecular flexibility index (Phi) is 2.42. The maximum atomic E-state index is 6.00. The molecule has 1 aromatic heterocycles. The van der Waals surface area contributed by atoms with Crippen molar-refractivity contribution in [2.24, 2.45) is 0 Å². The normalized spacial score (nSPS) is 18.4. The zero-order chi connectivity index (χ0) is 12.7. The molecule has 2 heteroatoms. The lowest BCUT2D eigenvalue weighted by Gasteiger charge is -2.25. The number of hydrogen-bond donors (Lipinski definition) is 0. The van der Waals surface area contributed by atoms with Gasteiger partial charge in [0.05, 0.1) is 12.9 Å². The van der Waals surface area contributed by atoms with Gasteiger partial charge >= 0.3 is 0 Å². The minimum atomic E-state index is -0.00593. The third-order valence-corrected chi connectivity index (χ3v) is 3.79. The number of benzene rings is 2. The van der Waals surface area contributed by atoms with Gasteiger partial charge in [-0.3, -0.25) is 0 Å². The van der Waals surface area contributed by atoms with Gasteiger partial charge in [0.15, 0.2) is 0 Å². The quantitative estimate of drug-likeness (QED) is 0.649. The van der Waals surface area contributed by atoms with Crippen LogP contribution in [0.15, 0.2) is 59.2 Å². The predicted octanol–water partition coefficient (Wildman–Crippen LogP) is 4.09. The van der Waals surface area contributed by atoms with Crippen molar-refractivity contribution in [2.45, 2.75) is 12.5 Å². The van der Waals surface area contributed by atoms with E-state index in [-0.39, 0.29) is 6.10 Å². The van der Waals surface area contributed by atoms with Crippen molar-refractivity contribution in [1.82, 2.24) is 0 Å². The molecule has 0 bridgehead atoms. The van der Waals surface area contributed by atoms with Gasteiger partial charge in [-0.1, -0.05) is 42.5 Å². The number of hydrogen-bond acceptors (Lipinski definition) is 2. The molecular weight excluding hydrogens is 236 g/mol. The molecule has 0 aliphatic carbocycles. The summed E-state index contributed by atoms with van der Waals surface area (Å²) in [6.45, 7) is 0.765. The second-order valence-corrected chi connectivity index (χ2v) is 4.89. The average Bonchev–Trinajstić information content (AvgIpc) is 2.90. The van der Waals surface area contributed by atoms with Gasteiger partial charge in [-0.05, 0) is 23.6 Å². The summed E-state index contributed by atoms with van der Waals surface area (Å²) >= 11 is 0. The van der Waals surface area contributed by atoms with Crippen LogP contribution in [0.2, 0.25) is 0 Å². The molecule has 0 saturated heterocycles. The summed E-state index contributed by atoms with van der Waals surface area (Å²) in [5.41, 5.74) is 4.69. The molecule has 0 radical (unpaired) electrons. The first kappa shape index (κ1) is 10.8. The van der Waals surface area contributed by atoms with Crippen LogP contribution >= 0.6 is 0 Å². The Balaban J connectivity index is 1.90. The van der Waals surface area contributed by atoms with Gasteiger partial charge in [0.25, 0.3) is 0 Å². The van der Waals surface area contributed by atoms with E-state index < -0.39 is 0 Å². The molecule has 1 atom stereocenters. The van der Waals surface area contributed by atoms with Gasteiger partial charge in [-0.15, -0.1) is 0 Å². The second-order valence-electron chi connectivity index (χ2n) is 4.89. The lowest BCUT2D eigenvalue weighted by atomic mass is 9.93. The molecule has 2 aromatic carbocycles. The predicted molar refractivity (Wildman–Crippen MR) is 74.2 cm³/mol. The highest BCUT2D eigenvalue weighted by molar-refractivity contribution is 5.81. The lowest BCUT2D eigenvalue weighted by Crippen LogP contribution is -2.16. The molecule has 1 aliphatic rings. The Morgan fingerprint density at radius 2 is 1.74 bits per heavy atom. The zero-order valence-electron chi connectivity index (χ0n) is 10.5. The minimum absolute atomic E-state index is 0.00593. The SMILES string of the molecule is c1ccc2c(c1)CCOC2c1coc2ccccc12. The van der Waals surface area contributed by atoms with Crippen LogP contribution in [-0.2, 0) is 11.2 Å². The minimum Gasteiger partial charge on any atom is -0.464 e. The summed E-state index contributed by atoms with van der Waals surface area (Å²) in [5, 5.41) is 1.14. The van der Waals surface area contributed by atoms with Crippen molar-refractivity contribution in [2.75, 3.05) is 6.61 Å². The molecule has 0 fully saturated rings. The molecule has 19 heavy (non-hydrogen) atoms. The van der Waals surface area contributed by atoms with Crippen LogP contribution in [0, 0.1) is 0 Å². The Hall–Kier alpha value is -2.06. The van der Waals surface area contributed by atoms with Crippen molar-refractivity contribution in [3.05, 3.63) is 71.5 Å². The zero-order valence-corrected chi connectivity index (χ0v) is 10.5. The van der Waals surface area contributed by atoms with Crippen LogP contribution in [0.5, 0.6) is 0 Å². The number of rotatable bonds is 1. The Bertz CT molecular complexity index is 727. The topological polar surface area (TPSA) is 22.4 Å². The van der Waals surface area contributed by atoms with Crippen LogP contribution in [0.3, 0.4) is 0 Å². The molecule has 1 unspecified atom stereocenters. The maximum absolute atomic E-state index is 6.00. The first-order valence-corrected chi connectivity index (χ1v) is 6.59. The molecule has 1 aliphatic heterocycles. The van der Waals surface area contributed by atoms with Gasteiger partial charge in [-0.2, -0.15) is 0 Å². The number of para-hydroxylation sites is 1. The Labute approximate surface area is 111 Å². The molecule has 0 N–H and O–H groups in total. The van der Waals surface area contributed by atoms with Crippen LogP contribution in [0.1, 0.15) is 22.8 Å². The van der Waals surface area contributed by atoms with E-state index in [1.54, 1.807) is 0 Å².